The molecule has 0 bridgehead atoms. The van der Waals surface area contributed by atoms with Crippen LogP contribution in [0.5, 0.6) is 0 Å². The quantitative estimate of drug-likeness (QED) is 0.0768. The predicted molar refractivity (Wildman–Crippen MR) is 210 cm³/mol. The highest BCUT2D eigenvalue weighted by molar-refractivity contribution is 5.91. The van der Waals surface area contributed by atoms with Crippen LogP contribution in [-0.2, 0) is 54.1 Å². The van der Waals surface area contributed by atoms with Gasteiger partial charge in [0.1, 0.15) is 24.3 Å². The lowest BCUT2D eigenvalue weighted by Gasteiger charge is -2.33. The number of aromatic nitrogens is 4. The number of hydrogen-bond donors (Lipinski definition) is 0. The first-order chi connectivity index (χ1) is 29.4. The average Bonchev–Trinajstić information content (AvgIpc) is 3.90. The van der Waals surface area contributed by atoms with Crippen molar-refractivity contribution in [1.82, 2.24) is 19.6 Å². The minimum absolute atomic E-state index is 0.135. The number of hydrogen-bond acceptors (Lipinski definition) is 10. The number of halogens is 6. The zero-order chi connectivity index (χ0) is 45.2. The van der Waals surface area contributed by atoms with Gasteiger partial charge in [0.15, 0.2) is 11.4 Å². The second-order valence-electron chi connectivity index (χ2n) is 15.4. The lowest BCUT2D eigenvalue weighted by atomic mass is 9.78. The van der Waals surface area contributed by atoms with E-state index in [4.69, 9.17) is 18.9 Å². The summed E-state index contributed by atoms with van der Waals surface area (Å²) in [5.41, 5.74) is -2.10. The van der Waals surface area contributed by atoms with Gasteiger partial charge in [-0.1, -0.05) is 74.5 Å². The standard InChI is InChI=1S/2C22H25F3N2O4/c2*1-3-30-20(28)17-10-9-16(11-14(17)2)27-19(22(23,24)25)18(12-26-27)21(29)31-13-15-7-5-4-6-8-15/h2*4-8,12,14,16-17H,3,9-11,13H2,1-2H3/t2*14-,16-,17-/m10/s1. The van der Waals surface area contributed by atoms with Crippen LogP contribution in [0.15, 0.2) is 73.1 Å². The number of nitrogens with zero attached hydrogens (tertiary/aromatic N) is 4. The van der Waals surface area contributed by atoms with Gasteiger partial charge in [-0.25, -0.2) is 9.59 Å². The van der Waals surface area contributed by atoms with Crippen LogP contribution in [0.4, 0.5) is 26.3 Å². The molecule has 2 aromatic heterocycles. The first kappa shape index (κ1) is 47.4. The number of carbonyl (C=O) groups excluding carboxylic acids is 4. The third-order valence-electron chi connectivity index (χ3n) is 11.1. The van der Waals surface area contributed by atoms with E-state index in [0.717, 1.165) is 21.8 Å². The molecule has 2 aliphatic rings. The molecule has 62 heavy (non-hydrogen) atoms. The van der Waals surface area contributed by atoms with Gasteiger partial charge in [-0.05, 0) is 75.3 Å². The summed E-state index contributed by atoms with van der Waals surface area (Å²) in [7, 11) is 0. The maximum atomic E-state index is 13.9. The van der Waals surface area contributed by atoms with Gasteiger partial charge in [0.2, 0.25) is 0 Å². The Balaban J connectivity index is 0.000000234. The molecule has 2 aromatic carbocycles. The molecule has 2 aliphatic carbocycles. The predicted octanol–water partition coefficient (Wildman–Crippen LogP) is 9.60. The van der Waals surface area contributed by atoms with E-state index >= 15 is 0 Å². The number of rotatable bonds is 12. The number of esters is 4. The Hall–Kier alpha value is -5.68. The summed E-state index contributed by atoms with van der Waals surface area (Å²) < 4.78 is 105. The van der Waals surface area contributed by atoms with Gasteiger partial charge in [-0.15, -0.1) is 0 Å². The summed E-state index contributed by atoms with van der Waals surface area (Å²) in [5, 5.41) is 7.81. The van der Waals surface area contributed by atoms with Crippen LogP contribution in [0.2, 0.25) is 0 Å². The van der Waals surface area contributed by atoms with Crippen molar-refractivity contribution in [2.75, 3.05) is 13.2 Å². The molecule has 0 saturated heterocycles. The summed E-state index contributed by atoms with van der Waals surface area (Å²) in [6.45, 7) is 7.32. The minimum Gasteiger partial charge on any atom is -0.466 e. The highest BCUT2D eigenvalue weighted by Gasteiger charge is 2.45. The summed E-state index contributed by atoms with van der Waals surface area (Å²) in [5.74, 6) is -3.84. The largest absolute Gasteiger partial charge is 0.466 e. The molecule has 18 heteroatoms. The fraction of sp³-hybridized carbons (Fsp3) is 0.500. The van der Waals surface area contributed by atoms with Crippen molar-refractivity contribution >= 4 is 23.9 Å². The highest BCUT2D eigenvalue weighted by Crippen LogP contribution is 2.43. The number of ether oxygens (including phenoxy) is 4. The Bertz CT molecular complexity index is 1970. The zero-order valence-electron chi connectivity index (χ0n) is 34.8. The maximum Gasteiger partial charge on any atom is 0.433 e. The molecular weight excluding hydrogens is 826 g/mol. The van der Waals surface area contributed by atoms with Crippen LogP contribution in [0.1, 0.15) is 122 Å². The van der Waals surface area contributed by atoms with Crippen LogP contribution in [0, 0.1) is 23.7 Å². The van der Waals surface area contributed by atoms with Gasteiger partial charge in [-0.3, -0.25) is 19.0 Å². The molecule has 0 radical (unpaired) electrons. The number of benzene rings is 2. The molecule has 2 heterocycles. The average molecular weight is 877 g/mol. The molecule has 6 rings (SSSR count). The van der Waals surface area contributed by atoms with Gasteiger partial charge in [0.05, 0.1) is 49.5 Å². The van der Waals surface area contributed by atoms with Crippen molar-refractivity contribution in [3.05, 3.63) is 107 Å². The second-order valence-corrected chi connectivity index (χ2v) is 15.4. The van der Waals surface area contributed by atoms with E-state index in [1.165, 1.54) is 0 Å². The summed E-state index contributed by atoms with van der Waals surface area (Å²) in [6.07, 6.45) is -5.62. The van der Waals surface area contributed by atoms with Crippen molar-refractivity contribution in [2.24, 2.45) is 23.7 Å². The first-order valence-corrected chi connectivity index (χ1v) is 20.5. The molecule has 0 aliphatic heterocycles. The Morgan fingerprint density at radius 2 is 0.935 bits per heavy atom. The van der Waals surface area contributed by atoms with Crippen LogP contribution < -0.4 is 0 Å². The van der Waals surface area contributed by atoms with Crippen molar-refractivity contribution in [2.45, 2.75) is 104 Å². The molecule has 0 amide bonds. The first-order valence-electron chi connectivity index (χ1n) is 20.5. The number of carbonyl (C=O) groups is 4. The molecule has 12 nitrogen and oxygen atoms in total. The highest BCUT2D eigenvalue weighted by atomic mass is 19.4. The van der Waals surface area contributed by atoms with Crippen molar-refractivity contribution in [1.29, 1.82) is 0 Å². The van der Waals surface area contributed by atoms with Crippen molar-refractivity contribution in [3.8, 4) is 0 Å². The normalized spacial score (nSPS) is 21.5. The monoisotopic (exact) mass is 876 g/mol. The minimum atomic E-state index is -4.78. The zero-order valence-corrected chi connectivity index (χ0v) is 34.8. The molecule has 4 aromatic rings. The Labute approximate surface area is 354 Å². The van der Waals surface area contributed by atoms with Crippen LogP contribution in [-0.4, -0.2) is 56.7 Å². The van der Waals surface area contributed by atoms with E-state index in [9.17, 15) is 45.5 Å². The molecule has 336 valence electrons. The third-order valence-corrected chi connectivity index (χ3v) is 11.1. The molecule has 6 atom stereocenters. The fourth-order valence-corrected chi connectivity index (χ4v) is 8.12. The lowest BCUT2D eigenvalue weighted by molar-refractivity contribution is -0.153. The Kier molecular flexibility index (Phi) is 16.0. The van der Waals surface area contributed by atoms with E-state index in [0.29, 0.717) is 49.7 Å². The molecule has 0 spiro atoms. The fourth-order valence-electron chi connectivity index (χ4n) is 8.12. The number of alkyl halides is 6. The maximum absolute atomic E-state index is 13.9. The second kappa shape index (κ2) is 20.9. The molecular formula is C44H50F6N4O8. The Morgan fingerprint density at radius 3 is 1.24 bits per heavy atom. The van der Waals surface area contributed by atoms with Gasteiger partial charge in [-0.2, -0.15) is 36.5 Å². The van der Waals surface area contributed by atoms with Crippen LogP contribution in [0.25, 0.3) is 0 Å². The summed E-state index contributed by atoms with van der Waals surface area (Å²) in [4.78, 5) is 49.0. The van der Waals surface area contributed by atoms with E-state index in [2.05, 4.69) is 10.2 Å². The van der Waals surface area contributed by atoms with Crippen LogP contribution in [0.3, 0.4) is 0 Å². The van der Waals surface area contributed by atoms with Crippen molar-refractivity contribution < 1.29 is 64.5 Å². The van der Waals surface area contributed by atoms with Gasteiger partial charge in [0.25, 0.3) is 0 Å². The summed E-state index contributed by atoms with van der Waals surface area (Å²) in [6, 6.07) is 16.3. The third kappa shape index (κ3) is 11.8. The van der Waals surface area contributed by atoms with Gasteiger partial charge < -0.3 is 18.9 Å². The molecule has 2 fully saturated rings. The van der Waals surface area contributed by atoms with E-state index in [-0.39, 0.29) is 62.0 Å². The summed E-state index contributed by atoms with van der Waals surface area (Å²) >= 11 is 0. The van der Waals surface area contributed by atoms with Crippen LogP contribution >= 0.6 is 0 Å². The van der Waals surface area contributed by atoms with E-state index < -0.39 is 58.9 Å². The lowest BCUT2D eigenvalue weighted by Crippen LogP contribution is -2.33. The SMILES string of the molecule is CCOC(=O)[C@@H]1CC[C@@H](n2ncc(C(=O)OCc3ccccc3)c2C(F)(F)F)C[C@H]1C.CCOC(=O)[C@H]1CC[C@H](n2ncc(C(=O)OCc3ccccc3)c2C(F)(F)F)C[C@@H]1C. The smallest absolute Gasteiger partial charge is 0.433 e. The van der Waals surface area contributed by atoms with Crippen molar-refractivity contribution in [3.63, 3.8) is 0 Å². The Morgan fingerprint density at radius 1 is 0.581 bits per heavy atom. The van der Waals surface area contributed by atoms with E-state index in [1.807, 2.05) is 13.8 Å². The van der Waals surface area contributed by atoms with Gasteiger partial charge in [0, 0.05) is 0 Å². The molecule has 2 saturated carbocycles. The molecule has 0 unspecified atom stereocenters. The topological polar surface area (TPSA) is 141 Å². The van der Waals surface area contributed by atoms with Gasteiger partial charge >= 0.3 is 36.2 Å². The molecule has 0 N–H and O–H groups in total. The van der Waals surface area contributed by atoms with E-state index in [1.54, 1.807) is 74.5 Å².